The van der Waals surface area contributed by atoms with Crippen LogP contribution in [0.1, 0.15) is 30.9 Å². The third-order valence-corrected chi connectivity index (χ3v) is 4.38. The van der Waals surface area contributed by atoms with Gasteiger partial charge < -0.3 is 9.47 Å². The monoisotopic (exact) mass is 261 g/mol. The predicted molar refractivity (Wildman–Crippen MR) is 76.2 cm³/mol. The number of aryl methyl sites for hydroxylation is 1. The smallest absolute Gasteiger partial charge is 0.165 e. The van der Waals surface area contributed by atoms with Crippen molar-refractivity contribution < 1.29 is 9.47 Å². The van der Waals surface area contributed by atoms with Gasteiger partial charge in [0.05, 0.1) is 7.11 Å². The van der Waals surface area contributed by atoms with Gasteiger partial charge in [-0.2, -0.15) is 0 Å². The van der Waals surface area contributed by atoms with Crippen LogP contribution in [-0.2, 0) is 12.8 Å². The highest BCUT2D eigenvalue weighted by atomic mass is 16.5. The van der Waals surface area contributed by atoms with Crippen LogP contribution in [0.15, 0.2) is 12.1 Å². The molecule has 1 fully saturated rings. The lowest BCUT2D eigenvalue weighted by Gasteiger charge is -2.19. The van der Waals surface area contributed by atoms with Gasteiger partial charge in [-0.3, -0.25) is 4.90 Å². The number of fused-ring (bicyclic) bond motifs is 1. The van der Waals surface area contributed by atoms with Gasteiger partial charge >= 0.3 is 0 Å². The first-order valence-corrected chi connectivity index (χ1v) is 7.39. The minimum absolute atomic E-state index is 0.320. The van der Waals surface area contributed by atoms with Crippen LogP contribution >= 0.6 is 0 Å². The van der Waals surface area contributed by atoms with E-state index >= 15 is 0 Å². The van der Waals surface area contributed by atoms with Crippen molar-refractivity contribution in [1.82, 2.24) is 4.90 Å². The van der Waals surface area contributed by atoms with Crippen molar-refractivity contribution in [3.8, 4) is 11.5 Å². The third-order valence-electron chi connectivity index (χ3n) is 4.38. The van der Waals surface area contributed by atoms with Crippen LogP contribution in [0.3, 0.4) is 0 Å². The maximum absolute atomic E-state index is 6.31. The summed E-state index contributed by atoms with van der Waals surface area (Å²) < 4.78 is 11.8. The average molecular weight is 261 g/mol. The molecule has 0 N–H and O–H groups in total. The van der Waals surface area contributed by atoms with Gasteiger partial charge in [0.2, 0.25) is 0 Å². The van der Waals surface area contributed by atoms with Crippen LogP contribution in [0, 0.1) is 0 Å². The Kier molecular flexibility index (Phi) is 3.65. The average Bonchev–Trinajstić information content (AvgIpc) is 3.07. The van der Waals surface area contributed by atoms with E-state index in [-0.39, 0.29) is 0 Å². The number of rotatable bonds is 4. The van der Waals surface area contributed by atoms with Gasteiger partial charge in [0, 0.05) is 18.7 Å². The normalized spacial score (nSPS) is 22.5. The number of nitrogens with zero attached hydrogens (tertiary/aromatic N) is 1. The van der Waals surface area contributed by atoms with E-state index in [1.165, 1.54) is 24.0 Å². The van der Waals surface area contributed by atoms with Gasteiger partial charge in [0.15, 0.2) is 11.5 Å². The molecule has 2 aliphatic rings. The molecule has 0 spiro atoms. The summed E-state index contributed by atoms with van der Waals surface area (Å²) >= 11 is 0. The molecule has 104 valence electrons. The summed E-state index contributed by atoms with van der Waals surface area (Å²) in [7, 11) is 1.73. The van der Waals surface area contributed by atoms with E-state index in [2.05, 4.69) is 24.0 Å². The molecule has 0 saturated carbocycles. The van der Waals surface area contributed by atoms with Crippen LogP contribution in [-0.4, -0.2) is 37.7 Å². The van der Waals surface area contributed by atoms with E-state index in [9.17, 15) is 0 Å². The third kappa shape index (κ3) is 2.44. The molecule has 0 aromatic heterocycles. The summed E-state index contributed by atoms with van der Waals surface area (Å²) in [4.78, 5) is 2.44. The molecular formula is C16H23NO2. The van der Waals surface area contributed by atoms with Gasteiger partial charge in [0.1, 0.15) is 6.10 Å². The zero-order valence-corrected chi connectivity index (χ0v) is 11.9. The van der Waals surface area contributed by atoms with Crippen molar-refractivity contribution >= 4 is 0 Å². The van der Waals surface area contributed by atoms with E-state index in [0.717, 1.165) is 44.0 Å². The minimum atomic E-state index is 0.320. The lowest BCUT2D eigenvalue weighted by Crippen LogP contribution is -2.25. The van der Waals surface area contributed by atoms with Crippen molar-refractivity contribution in [3.05, 3.63) is 23.3 Å². The Morgan fingerprint density at radius 3 is 2.95 bits per heavy atom. The second-order valence-corrected chi connectivity index (χ2v) is 5.51. The van der Waals surface area contributed by atoms with Gasteiger partial charge in [0.25, 0.3) is 0 Å². The summed E-state index contributed by atoms with van der Waals surface area (Å²) in [6.07, 6.45) is 5.00. The second-order valence-electron chi connectivity index (χ2n) is 5.51. The first kappa shape index (κ1) is 12.8. The van der Waals surface area contributed by atoms with Gasteiger partial charge in [-0.15, -0.1) is 0 Å². The van der Waals surface area contributed by atoms with Crippen LogP contribution in [0.5, 0.6) is 11.5 Å². The first-order valence-electron chi connectivity index (χ1n) is 7.39. The molecule has 1 aromatic rings. The summed E-state index contributed by atoms with van der Waals surface area (Å²) in [5.74, 6) is 1.91. The minimum Gasteiger partial charge on any atom is -0.493 e. The topological polar surface area (TPSA) is 21.7 Å². The standard InChI is InChI=1S/C16H23NO2/c1-3-17-10-9-13(11-17)19-16-14-6-4-5-12(14)7-8-15(16)18-2/h7-8,13H,3-6,9-11H2,1-2H3/t13-/m0/s1. The van der Waals surface area contributed by atoms with Crippen molar-refractivity contribution in [2.45, 2.75) is 38.7 Å². The largest absolute Gasteiger partial charge is 0.493 e. The van der Waals surface area contributed by atoms with Crippen molar-refractivity contribution in [3.63, 3.8) is 0 Å². The highest BCUT2D eigenvalue weighted by Crippen LogP contribution is 2.39. The highest BCUT2D eigenvalue weighted by Gasteiger charge is 2.26. The first-order chi connectivity index (χ1) is 9.31. The van der Waals surface area contributed by atoms with E-state index < -0.39 is 0 Å². The van der Waals surface area contributed by atoms with Crippen LogP contribution in [0.4, 0.5) is 0 Å². The number of likely N-dealkylation sites (tertiary alicyclic amines) is 1. The fourth-order valence-electron chi connectivity index (χ4n) is 3.25. The number of benzene rings is 1. The zero-order valence-electron chi connectivity index (χ0n) is 11.9. The fourth-order valence-corrected chi connectivity index (χ4v) is 3.25. The molecule has 1 heterocycles. The Morgan fingerprint density at radius 2 is 2.21 bits per heavy atom. The molecule has 1 aliphatic carbocycles. The molecule has 3 rings (SSSR count). The Hall–Kier alpha value is -1.22. The molecule has 19 heavy (non-hydrogen) atoms. The summed E-state index contributed by atoms with van der Waals surface area (Å²) in [5, 5.41) is 0. The zero-order chi connectivity index (χ0) is 13.2. The predicted octanol–water partition coefficient (Wildman–Crippen LogP) is 2.66. The molecule has 1 aliphatic heterocycles. The number of likely N-dealkylation sites (N-methyl/N-ethyl adjacent to an activating group) is 1. The van der Waals surface area contributed by atoms with Gasteiger partial charge in [-0.05, 0) is 43.9 Å². The maximum Gasteiger partial charge on any atom is 0.165 e. The van der Waals surface area contributed by atoms with E-state index in [4.69, 9.17) is 9.47 Å². The Morgan fingerprint density at radius 1 is 1.32 bits per heavy atom. The molecule has 0 amide bonds. The fraction of sp³-hybridized carbons (Fsp3) is 0.625. The number of methoxy groups -OCH3 is 1. The molecule has 3 heteroatoms. The molecule has 0 radical (unpaired) electrons. The SMILES string of the molecule is CCN1CC[C@H](Oc2c(OC)ccc3c2CCC3)C1. The van der Waals surface area contributed by atoms with Crippen molar-refractivity contribution in [2.24, 2.45) is 0 Å². The molecular weight excluding hydrogens is 238 g/mol. The molecule has 3 nitrogen and oxygen atoms in total. The Bertz CT molecular complexity index is 458. The van der Waals surface area contributed by atoms with Crippen molar-refractivity contribution in [2.75, 3.05) is 26.7 Å². The van der Waals surface area contributed by atoms with Gasteiger partial charge in [-0.1, -0.05) is 13.0 Å². The second kappa shape index (κ2) is 5.41. The van der Waals surface area contributed by atoms with Crippen LogP contribution in [0.25, 0.3) is 0 Å². The lowest BCUT2D eigenvalue weighted by molar-refractivity contribution is 0.193. The van der Waals surface area contributed by atoms with Crippen LogP contribution < -0.4 is 9.47 Å². The van der Waals surface area contributed by atoms with E-state index in [0.29, 0.717) is 6.10 Å². The van der Waals surface area contributed by atoms with E-state index in [1.807, 2.05) is 0 Å². The Balaban J connectivity index is 1.82. The molecule has 1 atom stereocenters. The lowest BCUT2D eigenvalue weighted by atomic mass is 10.1. The van der Waals surface area contributed by atoms with E-state index in [1.54, 1.807) is 7.11 Å². The van der Waals surface area contributed by atoms with Crippen molar-refractivity contribution in [1.29, 1.82) is 0 Å². The summed E-state index contributed by atoms with van der Waals surface area (Å²) in [6, 6.07) is 4.26. The molecule has 1 saturated heterocycles. The quantitative estimate of drug-likeness (QED) is 0.831. The van der Waals surface area contributed by atoms with Crippen LogP contribution in [0.2, 0.25) is 0 Å². The number of hydrogen-bond acceptors (Lipinski definition) is 3. The molecule has 1 aromatic carbocycles. The Labute approximate surface area is 115 Å². The summed E-state index contributed by atoms with van der Waals surface area (Å²) in [6.45, 7) is 5.52. The summed E-state index contributed by atoms with van der Waals surface area (Å²) in [5.41, 5.74) is 2.83. The number of hydrogen-bond donors (Lipinski definition) is 0. The van der Waals surface area contributed by atoms with Gasteiger partial charge in [-0.25, -0.2) is 0 Å². The highest BCUT2D eigenvalue weighted by molar-refractivity contribution is 5.52. The maximum atomic E-state index is 6.31. The molecule has 0 bridgehead atoms. The number of ether oxygens (including phenoxy) is 2. The molecule has 0 unspecified atom stereocenters.